The number of hydrogen-bond donors (Lipinski definition) is 2. The molecule has 2 aromatic heterocycles. The number of nitrogens with one attached hydrogen (secondary N) is 1. The zero-order valence-electron chi connectivity index (χ0n) is 11.7. The van der Waals surface area contributed by atoms with Crippen molar-refractivity contribution in [2.45, 2.75) is 6.54 Å². The van der Waals surface area contributed by atoms with E-state index >= 15 is 0 Å². The molecule has 110 valence electrons. The monoisotopic (exact) mass is 295 g/mol. The standard InChI is InChI=1S/C16H14FN5/c17-13-3-1-2-12(8-13)14-10-20-15(18)16(22-14)21-9-11-4-6-19-7-5-11/h1-8,10H,9H2,(H2,18,20)(H,21,22). The van der Waals surface area contributed by atoms with E-state index in [2.05, 4.69) is 20.3 Å². The van der Waals surface area contributed by atoms with Crippen LogP contribution in [0.25, 0.3) is 11.3 Å². The summed E-state index contributed by atoms with van der Waals surface area (Å²) in [5, 5.41) is 3.13. The lowest BCUT2D eigenvalue weighted by Crippen LogP contribution is -2.07. The molecule has 0 saturated carbocycles. The Morgan fingerprint density at radius 2 is 1.95 bits per heavy atom. The average molecular weight is 295 g/mol. The summed E-state index contributed by atoms with van der Waals surface area (Å²) in [5.74, 6) is 0.454. The smallest absolute Gasteiger partial charge is 0.169 e. The second-order valence-electron chi connectivity index (χ2n) is 4.71. The van der Waals surface area contributed by atoms with Gasteiger partial charge in [-0.05, 0) is 29.8 Å². The van der Waals surface area contributed by atoms with Gasteiger partial charge >= 0.3 is 0 Å². The molecule has 0 radical (unpaired) electrons. The predicted molar refractivity (Wildman–Crippen MR) is 83.4 cm³/mol. The van der Waals surface area contributed by atoms with Gasteiger partial charge in [-0.15, -0.1) is 0 Å². The van der Waals surface area contributed by atoms with Crippen molar-refractivity contribution in [1.82, 2.24) is 15.0 Å². The van der Waals surface area contributed by atoms with Crippen LogP contribution in [-0.4, -0.2) is 15.0 Å². The molecule has 5 nitrogen and oxygen atoms in total. The summed E-state index contributed by atoms with van der Waals surface area (Å²) in [6.45, 7) is 0.550. The van der Waals surface area contributed by atoms with E-state index in [-0.39, 0.29) is 5.82 Å². The Hall–Kier alpha value is -3.02. The van der Waals surface area contributed by atoms with Gasteiger partial charge in [-0.25, -0.2) is 14.4 Å². The molecule has 0 unspecified atom stereocenters. The van der Waals surface area contributed by atoms with E-state index in [1.54, 1.807) is 24.5 Å². The fraction of sp³-hybridized carbons (Fsp3) is 0.0625. The molecule has 1 aromatic carbocycles. The van der Waals surface area contributed by atoms with Crippen LogP contribution in [0.3, 0.4) is 0 Å². The number of nitrogens with zero attached hydrogens (tertiary/aromatic N) is 3. The summed E-state index contributed by atoms with van der Waals surface area (Å²) < 4.78 is 13.3. The van der Waals surface area contributed by atoms with Gasteiger partial charge in [-0.3, -0.25) is 4.98 Å². The highest BCUT2D eigenvalue weighted by Gasteiger charge is 2.07. The summed E-state index contributed by atoms with van der Waals surface area (Å²) >= 11 is 0. The Morgan fingerprint density at radius 3 is 2.73 bits per heavy atom. The highest BCUT2D eigenvalue weighted by Crippen LogP contribution is 2.22. The number of anilines is 2. The number of nitrogen functional groups attached to an aromatic ring is 1. The first-order chi connectivity index (χ1) is 10.7. The summed E-state index contributed by atoms with van der Waals surface area (Å²) in [6, 6.07) is 9.99. The van der Waals surface area contributed by atoms with Crippen LogP contribution in [0, 0.1) is 5.82 Å². The maximum atomic E-state index is 13.3. The highest BCUT2D eigenvalue weighted by atomic mass is 19.1. The van der Waals surface area contributed by atoms with Crippen molar-refractivity contribution in [2.75, 3.05) is 11.1 Å². The lowest BCUT2D eigenvalue weighted by atomic mass is 10.1. The number of benzene rings is 1. The quantitative estimate of drug-likeness (QED) is 0.774. The molecule has 0 bridgehead atoms. The van der Waals surface area contributed by atoms with E-state index in [1.165, 1.54) is 18.3 Å². The van der Waals surface area contributed by atoms with Crippen molar-refractivity contribution < 1.29 is 4.39 Å². The molecule has 3 N–H and O–H groups in total. The molecule has 0 fully saturated rings. The Balaban J connectivity index is 1.84. The first-order valence-electron chi connectivity index (χ1n) is 6.73. The molecular weight excluding hydrogens is 281 g/mol. The molecule has 22 heavy (non-hydrogen) atoms. The van der Waals surface area contributed by atoms with Gasteiger partial charge in [0, 0.05) is 24.5 Å². The van der Waals surface area contributed by atoms with Gasteiger partial charge in [-0.1, -0.05) is 12.1 Å². The van der Waals surface area contributed by atoms with E-state index < -0.39 is 0 Å². The highest BCUT2D eigenvalue weighted by molar-refractivity contribution is 5.65. The van der Waals surface area contributed by atoms with Gasteiger partial charge in [0.05, 0.1) is 11.9 Å². The minimum Gasteiger partial charge on any atom is -0.381 e. The number of hydrogen-bond acceptors (Lipinski definition) is 5. The summed E-state index contributed by atoms with van der Waals surface area (Å²) in [7, 11) is 0. The SMILES string of the molecule is Nc1ncc(-c2cccc(F)c2)nc1NCc1ccncc1. The van der Waals surface area contributed by atoms with Gasteiger partial charge in [0.1, 0.15) is 5.82 Å². The molecular formula is C16H14FN5. The third kappa shape index (κ3) is 3.17. The molecule has 3 aromatic rings. The second kappa shape index (κ2) is 6.17. The molecule has 0 saturated heterocycles. The first kappa shape index (κ1) is 13.9. The largest absolute Gasteiger partial charge is 0.381 e. The molecule has 2 heterocycles. The molecule has 0 amide bonds. The minimum absolute atomic E-state index is 0.300. The third-order valence-electron chi connectivity index (χ3n) is 3.13. The van der Waals surface area contributed by atoms with Gasteiger partial charge in [0.15, 0.2) is 11.6 Å². The van der Waals surface area contributed by atoms with Crippen LogP contribution in [0.4, 0.5) is 16.0 Å². The zero-order chi connectivity index (χ0) is 15.4. The van der Waals surface area contributed by atoms with Crippen molar-refractivity contribution in [3.05, 3.63) is 66.4 Å². The maximum absolute atomic E-state index is 13.3. The van der Waals surface area contributed by atoms with Crippen LogP contribution in [0.1, 0.15) is 5.56 Å². The van der Waals surface area contributed by atoms with E-state index in [0.717, 1.165) is 5.56 Å². The predicted octanol–water partition coefficient (Wildman–Crippen LogP) is 2.87. The van der Waals surface area contributed by atoms with E-state index in [4.69, 9.17) is 5.73 Å². The van der Waals surface area contributed by atoms with Crippen molar-refractivity contribution in [2.24, 2.45) is 0 Å². The molecule has 0 aliphatic heterocycles. The normalized spacial score (nSPS) is 10.4. The van der Waals surface area contributed by atoms with Crippen molar-refractivity contribution >= 4 is 11.6 Å². The molecule has 0 aliphatic rings. The van der Waals surface area contributed by atoms with Gasteiger partial charge in [0.25, 0.3) is 0 Å². The number of aromatic nitrogens is 3. The Bertz CT molecular complexity index is 776. The molecule has 6 heteroatoms. The van der Waals surface area contributed by atoms with E-state index in [1.807, 2.05) is 12.1 Å². The zero-order valence-corrected chi connectivity index (χ0v) is 11.7. The number of rotatable bonds is 4. The van der Waals surface area contributed by atoms with Gasteiger partial charge in [-0.2, -0.15) is 0 Å². The molecule has 3 rings (SSSR count). The van der Waals surface area contributed by atoms with Crippen LogP contribution in [0.15, 0.2) is 55.0 Å². The lowest BCUT2D eigenvalue weighted by molar-refractivity contribution is 0.628. The third-order valence-corrected chi connectivity index (χ3v) is 3.13. The Morgan fingerprint density at radius 1 is 1.14 bits per heavy atom. The van der Waals surface area contributed by atoms with E-state index in [9.17, 15) is 4.39 Å². The maximum Gasteiger partial charge on any atom is 0.169 e. The summed E-state index contributed by atoms with van der Waals surface area (Å²) in [6.07, 6.45) is 4.96. The van der Waals surface area contributed by atoms with Crippen molar-refractivity contribution in [1.29, 1.82) is 0 Å². The van der Waals surface area contributed by atoms with Gasteiger partial charge in [0.2, 0.25) is 0 Å². The topological polar surface area (TPSA) is 76.7 Å². The number of nitrogens with two attached hydrogens (primary N) is 1. The Labute approximate surface area is 127 Å². The molecule has 0 atom stereocenters. The fourth-order valence-corrected chi connectivity index (χ4v) is 2.00. The average Bonchev–Trinajstić information content (AvgIpc) is 2.55. The number of pyridine rings is 1. The van der Waals surface area contributed by atoms with Crippen LogP contribution in [-0.2, 0) is 6.54 Å². The van der Waals surface area contributed by atoms with Crippen LogP contribution in [0.5, 0.6) is 0 Å². The minimum atomic E-state index is -0.317. The number of halogens is 1. The van der Waals surface area contributed by atoms with Crippen LogP contribution >= 0.6 is 0 Å². The second-order valence-corrected chi connectivity index (χ2v) is 4.71. The lowest BCUT2D eigenvalue weighted by Gasteiger charge is -2.09. The van der Waals surface area contributed by atoms with E-state index in [0.29, 0.717) is 29.4 Å². The van der Waals surface area contributed by atoms with Crippen molar-refractivity contribution in [3.63, 3.8) is 0 Å². The summed E-state index contributed by atoms with van der Waals surface area (Å²) in [4.78, 5) is 12.5. The molecule has 0 aliphatic carbocycles. The first-order valence-corrected chi connectivity index (χ1v) is 6.73. The van der Waals surface area contributed by atoms with Crippen molar-refractivity contribution in [3.8, 4) is 11.3 Å². The Kier molecular flexibility index (Phi) is 3.91. The fourth-order valence-electron chi connectivity index (χ4n) is 2.00. The summed E-state index contributed by atoms with van der Waals surface area (Å²) in [5.41, 5.74) is 8.10. The van der Waals surface area contributed by atoms with Crippen LogP contribution < -0.4 is 11.1 Å². The van der Waals surface area contributed by atoms with Crippen LogP contribution in [0.2, 0.25) is 0 Å². The van der Waals surface area contributed by atoms with Gasteiger partial charge < -0.3 is 11.1 Å². The molecule has 0 spiro atoms.